The predicted octanol–water partition coefficient (Wildman–Crippen LogP) is 4.92. The van der Waals surface area contributed by atoms with Crippen LogP contribution in [0.1, 0.15) is 49.5 Å². The molecule has 0 saturated heterocycles. The Kier molecular flexibility index (Phi) is 6.21. The van der Waals surface area contributed by atoms with Crippen LogP contribution < -0.4 is 20.1 Å². The number of nitrogens with one attached hydrogen (secondary N) is 4. The number of aromatic amines is 2. The largest absolute Gasteiger partial charge is 0.488 e. The molecular weight excluding hydrogens is 452 g/mol. The SMILES string of the molecule is CCCNCc1ncc(-c2cc3c4c(c2)OCc2cc(-c5cnc(CNCCC)[nH]5)cc(c2-4)OC3)[nH]1. The zero-order valence-electron chi connectivity index (χ0n) is 20.8. The molecule has 2 aromatic heterocycles. The number of nitrogens with zero attached hydrogens (tertiary/aromatic N) is 2. The van der Waals surface area contributed by atoms with Gasteiger partial charge in [-0.15, -0.1) is 0 Å². The predicted molar refractivity (Wildman–Crippen MR) is 140 cm³/mol. The Morgan fingerprint density at radius 3 is 1.64 bits per heavy atom. The van der Waals surface area contributed by atoms with Gasteiger partial charge in [0.05, 0.1) is 36.9 Å². The van der Waals surface area contributed by atoms with Gasteiger partial charge in [-0.1, -0.05) is 13.8 Å². The van der Waals surface area contributed by atoms with Gasteiger partial charge in [0, 0.05) is 33.4 Å². The van der Waals surface area contributed by atoms with Gasteiger partial charge in [0.25, 0.3) is 0 Å². The van der Waals surface area contributed by atoms with Gasteiger partial charge in [0.15, 0.2) is 0 Å². The molecule has 4 heterocycles. The molecule has 2 aliphatic heterocycles. The van der Waals surface area contributed by atoms with Crippen LogP contribution in [0.5, 0.6) is 11.5 Å². The summed E-state index contributed by atoms with van der Waals surface area (Å²) in [6.45, 7) is 8.75. The molecule has 186 valence electrons. The Morgan fingerprint density at radius 2 is 1.19 bits per heavy atom. The first kappa shape index (κ1) is 22.8. The van der Waals surface area contributed by atoms with E-state index >= 15 is 0 Å². The lowest BCUT2D eigenvalue weighted by molar-refractivity contribution is 0.278. The van der Waals surface area contributed by atoms with Crippen LogP contribution in [0.2, 0.25) is 0 Å². The average Bonchev–Trinajstić information content (AvgIpc) is 3.57. The second-order valence-electron chi connectivity index (χ2n) is 9.44. The molecule has 8 heteroatoms. The Balaban J connectivity index is 1.29. The van der Waals surface area contributed by atoms with Crippen LogP contribution in [0.15, 0.2) is 36.7 Å². The summed E-state index contributed by atoms with van der Waals surface area (Å²) < 4.78 is 12.6. The maximum atomic E-state index is 6.29. The highest BCUT2D eigenvalue weighted by Crippen LogP contribution is 2.50. The lowest BCUT2D eigenvalue weighted by Crippen LogP contribution is -2.15. The Hall–Kier alpha value is -3.62. The van der Waals surface area contributed by atoms with Crippen molar-refractivity contribution in [1.29, 1.82) is 0 Å². The van der Waals surface area contributed by atoms with Gasteiger partial charge in [0.1, 0.15) is 36.4 Å². The van der Waals surface area contributed by atoms with E-state index in [1.165, 1.54) is 0 Å². The first-order valence-electron chi connectivity index (χ1n) is 12.8. The Bertz CT molecular complexity index is 1230. The molecule has 0 saturated carbocycles. The number of ether oxygens (including phenoxy) is 2. The van der Waals surface area contributed by atoms with Crippen molar-refractivity contribution >= 4 is 0 Å². The molecule has 0 atom stereocenters. The van der Waals surface area contributed by atoms with E-state index in [1.54, 1.807) is 0 Å². The van der Waals surface area contributed by atoms with Gasteiger partial charge >= 0.3 is 0 Å². The van der Waals surface area contributed by atoms with E-state index in [0.717, 1.165) is 107 Å². The van der Waals surface area contributed by atoms with Crippen LogP contribution in [-0.2, 0) is 26.3 Å². The zero-order chi connectivity index (χ0) is 24.5. The van der Waals surface area contributed by atoms with Crippen molar-refractivity contribution in [3.8, 4) is 45.1 Å². The first-order valence-corrected chi connectivity index (χ1v) is 12.8. The fraction of sp³-hybridized carbons (Fsp3) is 0.357. The Labute approximate surface area is 210 Å². The summed E-state index contributed by atoms with van der Waals surface area (Å²) >= 11 is 0. The molecule has 0 radical (unpaired) electrons. The third-order valence-corrected chi connectivity index (χ3v) is 6.70. The summed E-state index contributed by atoms with van der Waals surface area (Å²) in [6, 6.07) is 8.61. The van der Waals surface area contributed by atoms with Crippen LogP contribution >= 0.6 is 0 Å². The third kappa shape index (κ3) is 4.27. The minimum Gasteiger partial charge on any atom is -0.488 e. The molecule has 0 bridgehead atoms. The monoisotopic (exact) mass is 484 g/mol. The van der Waals surface area contributed by atoms with Gasteiger partial charge in [0.2, 0.25) is 0 Å². The lowest BCUT2D eigenvalue weighted by Gasteiger charge is -2.30. The van der Waals surface area contributed by atoms with Gasteiger partial charge in [-0.2, -0.15) is 0 Å². The maximum absolute atomic E-state index is 6.29. The quantitative estimate of drug-likeness (QED) is 0.239. The molecular formula is C28H32N6O2. The minimum atomic E-state index is 0.504. The summed E-state index contributed by atoms with van der Waals surface area (Å²) in [4.78, 5) is 16.0. The highest BCUT2D eigenvalue weighted by atomic mass is 16.5. The molecule has 0 fully saturated rings. The number of aromatic nitrogens is 4. The summed E-state index contributed by atoms with van der Waals surface area (Å²) in [5.41, 5.74) is 8.66. The molecule has 4 N–H and O–H groups in total. The van der Waals surface area contributed by atoms with Crippen molar-refractivity contribution in [2.24, 2.45) is 0 Å². The van der Waals surface area contributed by atoms with Gasteiger partial charge in [-0.25, -0.2) is 9.97 Å². The zero-order valence-corrected chi connectivity index (χ0v) is 20.8. The summed E-state index contributed by atoms with van der Waals surface area (Å²) in [5.74, 6) is 3.67. The molecule has 0 aliphatic carbocycles. The van der Waals surface area contributed by atoms with Crippen molar-refractivity contribution < 1.29 is 9.47 Å². The molecule has 0 spiro atoms. The highest BCUT2D eigenvalue weighted by molar-refractivity contribution is 5.88. The van der Waals surface area contributed by atoms with E-state index in [2.05, 4.69) is 68.7 Å². The molecule has 2 aromatic carbocycles. The molecule has 36 heavy (non-hydrogen) atoms. The van der Waals surface area contributed by atoms with Crippen molar-refractivity contribution in [3.63, 3.8) is 0 Å². The normalized spacial score (nSPS) is 13.3. The van der Waals surface area contributed by atoms with Crippen molar-refractivity contribution in [1.82, 2.24) is 30.6 Å². The fourth-order valence-electron chi connectivity index (χ4n) is 4.96. The minimum absolute atomic E-state index is 0.504. The van der Waals surface area contributed by atoms with Gasteiger partial charge in [-0.3, -0.25) is 0 Å². The fourth-order valence-corrected chi connectivity index (χ4v) is 4.96. The summed E-state index contributed by atoms with van der Waals surface area (Å²) in [7, 11) is 0. The van der Waals surface area contributed by atoms with Crippen LogP contribution in [0.4, 0.5) is 0 Å². The van der Waals surface area contributed by atoms with E-state index < -0.39 is 0 Å². The number of hydrogen-bond donors (Lipinski definition) is 4. The number of H-pyrrole nitrogens is 2. The molecule has 6 rings (SSSR count). The number of hydrogen-bond acceptors (Lipinski definition) is 6. The maximum Gasteiger partial charge on any atom is 0.128 e. The van der Waals surface area contributed by atoms with Crippen LogP contribution in [0.3, 0.4) is 0 Å². The lowest BCUT2D eigenvalue weighted by atomic mass is 9.87. The van der Waals surface area contributed by atoms with Crippen molar-refractivity contribution in [2.75, 3.05) is 13.1 Å². The van der Waals surface area contributed by atoms with E-state index in [0.29, 0.717) is 13.2 Å². The molecule has 8 nitrogen and oxygen atoms in total. The second kappa shape index (κ2) is 9.79. The smallest absolute Gasteiger partial charge is 0.128 e. The van der Waals surface area contributed by atoms with Gasteiger partial charge < -0.3 is 30.1 Å². The number of imidazole rings is 2. The average molecular weight is 485 g/mol. The number of benzene rings is 2. The highest BCUT2D eigenvalue weighted by Gasteiger charge is 2.30. The summed E-state index contributed by atoms with van der Waals surface area (Å²) in [5, 5.41) is 6.78. The van der Waals surface area contributed by atoms with Crippen molar-refractivity contribution in [2.45, 2.75) is 53.0 Å². The second-order valence-corrected chi connectivity index (χ2v) is 9.44. The molecule has 0 amide bonds. The first-order chi connectivity index (χ1) is 17.7. The number of rotatable bonds is 10. The van der Waals surface area contributed by atoms with E-state index in [9.17, 15) is 0 Å². The van der Waals surface area contributed by atoms with Crippen molar-refractivity contribution in [3.05, 3.63) is 59.4 Å². The van der Waals surface area contributed by atoms with E-state index in [-0.39, 0.29) is 0 Å². The van der Waals surface area contributed by atoms with Crippen LogP contribution in [0, 0.1) is 0 Å². The Morgan fingerprint density at radius 1 is 0.722 bits per heavy atom. The van der Waals surface area contributed by atoms with E-state index in [4.69, 9.17) is 9.47 Å². The van der Waals surface area contributed by atoms with Gasteiger partial charge in [-0.05, 0) is 50.2 Å². The van der Waals surface area contributed by atoms with E-state index in [1.807, 2.05) is 12.4 Å². The topological polar surface area (TPSA) is 99.9 Å². The third-order valence-electron chi connectivity index (χ3n) is 6.70. The standard InChI is InChI=1S/C28H32N6O2/c1-3-5-29-13-25-31-11-21(33-25)17-7-19-15-36-24-10-18(22-12-32-26(34-22)14-30-6-4-2)8-20-16-35-23(9-17)27(19)28(20)24/h7-12,29-30H,3-6,13-16H2,1-2H3,(H,31,33)(H,32,34). The molecule has 0 unspecified atom stereocenters. The summed E-state index contributed by atoms with van der Waals surface area (Å²) in [6.07, 6.45) is 5.99. The molecule has 4 aromatic rings. The van der Waals surface area contributed by atoms with Crippen LogP contribution in [-0.4, -0.2) is 33.0 Å². The molecule has 2 aliphatic rings. The van der Waals surface area contributed by atoms with Crippen LogP contribution in [0.25, 0.3) is 33.6 Å².